The zero-order valence-electron chi connectivity index (χ0n) is 11.9. The molecule has 3 heteroatoms. The highest BCUT2D eigenvalue weighted by molar-refractivity contribution is 5.81. The van der Waals surface area contributed by atoms with Crippen LogP contribution in [-0.4, -0.2) is 10.1 Å². The van der Waals surface area contributed by atoms with Gasteiger partial charge in [0, 0.05) is 22.7 Å². The van der Waals surface area contributed by atoms with Crippen molar-refractivity contribution in [3.8, 4) is 5.75 Å². The van der Waals surface area contributed by atoms with E-state index in [9.17, 15) is 5.11 Å². The van der Waals surface area contributed by atoms with Gasteiger partial charge in [0.2, 0.25) is 0 Å². The number of aromatic nitrogens is 1. The highest BCUT2D eigenvalue weighted by atomic mass is 16.5. The Labute approximate surface area is 123 Å². The molecule has 1 heterocycles. The zero-order valence-corrected chi connectivity index (χ0v) is 11.9. The third-order valence-electron chi connectivity index (χ3n) is 3.47. The summed E-state index contributed by atoms with van der Waals surface area (Å²) in [6, 6.07) is 17.6. The normalized spacial score (nSPS) is 12.3. The number of benzene rings is 2. The van der Waals surface area contributed by atoms with Crippen molar-refractivity contribution in [3.63, 3.8) is 0 Å². The number of hydrogen-bond donors (Lipinski definition) is 1. The Morgan fingerprint density at radius 2 is 1.86 bits per heavy atom. The van der Waals surface area contributed by atoms with Crippen molar-refractivity contribution in [2.75, 3.05) is 0 Å². The van der Waals surface area contributed by atoms with Crippen LogP contribution in [0, 0.1) is 0 Å². The van der Waals surface area contributed by atoms with Gasteiger partial charge in [0.1, 0.15) is 12.4 Å². The first-order valence-electron chi connectivity index (χ1n) is 6.98. The average molecular weight is 279 g/mol. The van der Waals surface area contributed by atoms with Gasteiger partial charge in [0.15, 0.2) is 0 Å². The lowest BCUT2D eigenvalue weighted by molar-refractivity contribution is 0.190. The lowest BCUT2D eigenvalue weighted by Crippen LogP contribution is -2.01. The minimum absolute atomic E-state index is 0.429. The largest absolute Gasteiger partial charge is 0.488 e. The zero-order chi connectivity index (χ0) is 14.7. The molecule has 0 bridgehead atoms. The summed E-state index contributed by atoms with van der Waals surface area (Å²) < 4.78 is 5.89. The molecule has 3 rings (SSSR count). The van der Waals surface area contributed by atoms with E-state index in [0.717, 1.165) is 22.0 Å². The van der Waals surface area contributed by atoms with Crippen molar-refractivity contribution in [2.24, 2.45) is 0 Å². The van der Waals surface area contributed by atoms with Gasteiger partial charge >= 0.3 is 0 Å². The Morgan fingerprint density at radius 1 is 1.05 bits per heavy atom. The van der Waals surface area contributed by atoms with Crippen molar-refractivity contribution < 1.29 is 9.84 Å². The predicted molar refractivity (Wildman–Crippen MR) is 83.2 cm³/mol. The maximum Gasteiger partial charge on any atom is 0.125 e. The molecule has 3 aromatic rings. The van der Waals surface area contributed by atoms with Crippen molar-refractivity contribution >= 4 is 10.9 Å². The van der Waals surface area contributed by atoms with E-state index < -0.39 is 6.10 Å². The van der Waals surface area contributed by atoms with Gasteiger partial charge in [-0.3, -0.25) is 4.98 Å². The van der Waals surface area contributed by atoms with Crippen LogP contribution in [0.15, 0.2) is 60.8 Å². The molecule has 21 heavy (non-hydrogen) atoms. The molecular weight excluding hydrogens is 262 g/mol. The summed E-state index contributed by atoms with van der Waals surface area (Å²) in [6.07, 6.45) is 1.24. The van der Waals surface area contributed by atoms with Crippen LogP contribution in [-0.2, 0) is 6.61 Å². The van der Waals surface area contributed by atoms with Crippen molar-refractivity contribution in [3.05, 3.63) is 71.9 Å². The van der Waals surface area contributed by atoms with Gasteiger partial charge in [-0.2, -0.15) is 0 Å². The van der Waals surface area contributed by atoms with Gasteiger partial charge in [-0.25, -0.2) is 0 Å². The van der Waals surface area contributed by atoms with E-state index in [1.807, 2.05) is 54.6 Å². The number of aliphatic hydroxyl groups excluding tert-OH is 1. The molecule has 0 aliphatic rings. The molecule has 1 aromatic heterocycles. The molecule has 106 valence electrons. The molecule has 0 unspecified atom stereocenters. The highest BCUT2D eigenvalue weighted by Crippen LogP contribution is 2.26. The van der Waals surface area contributed by atoms with E-state index in [4.69, 9.17) is 4.74 Å². The van der Waals surface area contributed by atoms with Crippen LogP contribution in [0.3, 0.4) is 0 Å². The molecule has 0 amide bonds. The molecular formula is C18H17NO2. The minimum atomic E-state index is -0.549. The number of fused-ring (bicyclic) bond motifs is 1. The summed E-state index contributed by atoms with van der Waals surface area (Å²) in [4.78, 5) is 4.42. The number of ether oxygens (including phenoxy) is 1. The van der Waals surface area contributed by atoms with Gasteiger partial charge in [-0.15, -0.1) is 0 Å². The van der Waals surface area contributed by atoms with E-state index in [1.165, 1.54) is 0 Å². The monoisotopic (exact) mass is 279 g/mol. The van der Waals surface area contributed by atoms with E-state index in [0.29, 0.717) is 12.4 Å². The van der Waals surface area contributed by atoms with Crippen LogP contribution in [0.1, 0.15) is 24.2 Å². The molecule has 1 N–H and O–H groups in total. The molecule has 2 aromatic carbocycles. The van der Waals surface area contributed by atoms with Gasteiger partial charge in [-0.05, 0) is 19.1 Å². The number of hydrogen-bond acceptors (Lipinski definition) is 3. The fourth-order valence-electron chi connectivity index (χ4n) is 2.40. The number of nitrogens with zero attached hydrogens (tertiary/aromatic N) is 1. The van der Waals surface area contributed by atoms with Crippen molar-refractivity contribution in [1.82, 2.24) is 4.98 Å². The maximum atomic E-state index is 9.78. The summed E-state index contributed by atoms with van der Waals surface area (Å²) in [5.74, 6) is 0.709. The average Bonchev–Trinajstić information content (AvgIpc) is 2.53. The summed E-state index contributed by atoms with van der Waals surface area (Å²) in [6.45, 7) is 2.17. The molecule has 0 aliphatic carbocycles. The van der Waals surface area contributed by atoms with Crippen LogP contribution < -0.4 is 4.74 Å². The SMILES string of the molecule is C[C@H](O)c1ccccc1OCc1cccc2cccnc12. The summed E-state index contributed by atoms with van der Waals surface area (Å²) in [5, 5.41) is 10.9. The number of rotatable bonds is 4. The van der Waals surface area contributed by atoms with Crippen LogP contribution in [0.2, 0.25) is 0 Å². The predicted octanol–water partition coefficient (Wildman–Crippen LogP) is 3.87. The Balaban J connectivity index is 1.87. The van der Waals surface area contributed by atoms with Gasteiger partial charge in [0.05, 0.1) is 11.6 Å². The Bertz CT molecular complexity index is 748. The first-order chi connectivity index (χ1) is 10.3. The molecule has 0 fully saturated rings. The minimum Gasteiger partial charge on any atom is -0.488 e. The fourth-order valence-corrected chi connectivity index (χ4v) is 2.40. The Kier molecular flexibility index (Phi) is 3.84. The molecule has 1 atom stereocenters. The van der Waals surface area contributed by atoms with Crippen LogP contribution in [0.4, 0.5) is 0 Å². The number of pyridine rings is 1. The molecule has 0 saturated carbocycles. The summed E-state index contributed by atoms with van der Waals surface area (Å²) >= 11 is 0. The Morgan fingerprint density at radius 3 is 2.71 bits per heavy atom. The first kappa shape index (κ1) is 13.6. The Hall–Kier alpha value is -2.39. The highest BCUT2D eigenvalue weighted by Gasteiger charge is 2.09. The lowest BCUT2D eigenvalue weighted by Gasteiger charge is -2.14. The topological polar surface area (TPSA) is 42.4 Å². The maximum absolute atomic E-state index is 9.78. The van der Waals surface area contributed by atoms with Gasteiger partial charge in [0.25, 0.3) is 0 Å². The van der Waals surface area contributed by atoms with Crippen LogP contribution >= 0.6 is 0 Å². The van der Waals surface area contributed by atoms with Gasteiger partial charge < -0.3 is 9.84 Å². The summed E-state index contributed by atoms with van der Waals surface area (Å²) in [7, 11) is 0. The van der Waals surface area contributed by atoms with E-state index >= 15 is 0 Å². The second kappa shape index (κ2) is 5.94. The molecule has 0 aliphatic heterocycles. The van der Waals surface area contributed by atoms with Crippen LogP contribution in [0.5, 0.6) is 5.75 Å². The van der Waals surface area contributed by atoms with E-state index in [-0.39, 0.29) is 0 Å². The fraction of sp³-hybridized carbons (Fsp3) is 0.167. The summed E-state index contributed by atoms with van der Waals surface area (Å²) in [5.41, 5.74) is 2.79. The van der Waals surface area contributed by atoms with Crippen molar-refractivity contribution in [2.45, 2.75) is 19.6 Å². The smallest absolute Gasteiger partial charge is 0.125 e. The van der Waals surface area contributed by atoms with E-state index in [1.54, 1.807) is 13.1 Å². The quantitative estimate of drug-likeness (QED) is 0.788. The number of para-hydroxylation sites is 2. The standard InChI is InChI=1S/C18H17NO2/c1-13(20)16-9-2-3-10-17(16)21-12-15-7-4-6-14-8-5-11-19-18(14)15/h2-11,13,20H,12H2,1H3/t13-/m0/s1. The van der Waals surface area contributed by atoms with Crippen LogP contribution in [0.25, 0.3) is 10.9 Å². The number of aliphatic hydroxyl groups is 1. The third kappa shape index (κ3) is 2.88. The van der Waals surface area contributed by atoms with Gasteiger partial charge in [-0.1, -0.05) is 42.5 Å². The van der Waals surface area contributed by atoms with Crippen molar-refractivity contribution in [1.29, 1.82) is 0 Å². The first-order valence-corrected chi connectivity index (χ1v) is 6.98. The molecule has 3 nitrogen and oxygen atoms in total. The third-order valence-corrected chi connectivity index (χ3v) is 3.47. The molecule has 0 spiro atoms. The second-order valence-corrected chi connectivity index (χ2v) is 4.99. The molecule has 0 saturated heterocycles. The molecule has 0 radical (unpaired) electrons. The lowest BCUT2D eigenvalue weighted by atomic mass is 10.1. The van der Waals surface area contributed by atoms with E-state index in [2.05, 4.69) is 4.98 Å². The second-order valence-electron chi connectivity index (χ2n) is 4.99.